The van der Waals surface area contributed by atoms with Crippen LogP contribution in [0.25, 0.3) is 22.3 Å². The number of aromatic nitrogens is 4. The van der Waals surface area contributed by atoms with E-state index in [1.54, 1.807) is 12.0 Å². The lowest BCUT2D eigenvalue weighted by Gasteiger charge is -2.32. The highest BCUT2D eigenvalue weighted by Crippen LogP contribution is 2.34. The van der Waals surface area contributed by atoms with Crippen LogP contribution in [-0.2, 0) is 9.53 Å². The minimum atomic E-state index is -0.0698. The number of benzene rings is 1. The number of ether oxygens (including phenoxy) is 2. The van der Waals surface area contributed by atoms with Crippen molar-refractivity contribution in [2.75, 3.05) is 39.1 Å². The third kappa shape index (κ3) is 4.22. The maximum absolute atomic E-state index is 12.1. The number of hydrogen-bond acceptors (Lipinski definition) is 7. The molecule has 1 unspecified atom stereocenters. The third-order valence-corrected chi connectivity index (χ3v) is 5.43. The number of hydrogen-bond donors (Lipinski definition) is 1. The summed E-state index contributed by atoms with van der Waals surface area (Å²) in [7, 11) is 1.64. The topological polar surface area (TPSA) is 108 Å². The summed E-state index contributed by atoms with van der Waals surface area (Å²) in [6.45, 7) is 5.88. The average molecular weight is 422 g/mol. The van der Waals surface area contributed by atoms with Gasteiger partial charge < -0.3 is 20.1 Å². The van der Waals surface area contributed by atoms with Crippen LogP contribution in [0.1, 0.15) is 18.9 Å². The van der Waals surface area contributed by atoms with E-state index in [0.29, 0.717) is 42.3 Å². The molecule has 1 saturated heterocycles. The quantitative estimate of drug-likeness (QED) is 0.460. The molecule has 162 valence electrons. The number of likely N-dealkylation sites (tertiary alicyclic amines) is 1. The molecule has 9 heteroatoms. The fourth-order valence-corrected chi connectivity index (χ4v) is 3.89. The van der Waals surface area contributed by atoms with E-state index >= 15 is 0 Å². The van der Waals surface area contributed by atoms with Gasteiger partial charge in [-0.25, -0.2) is 14.6 Å². The van der Waals surface area contributed by atoms with Crippen LogP contribution in [0, 0.1) is 0 Å². The summed E-state index contributed by atoms with van der Waals surface area (Å²) in [4.78, 5) is 22.6. The molecule has 1 fully saturated rings. The number of anilines is 1. The molecular formula is C22H26N6O3. The van der Waals surface area contributed by atoms with Gasteiger partial charge in [0.15, 0.2) is 5.65 Å². The predicted molar refractivity (Wildman–Crippen MR) is 118 cm³/mol. The molecule has 9 nitrogen and oxygen atoms in total. The van der Waals surface area contributed by atoms with E-state index in [4.69, 9.17) is 20.3 Å². The maximum atomic E-state index is 12.1. The second-order valence-electron chi connectivity index (χ2n) is 7.40. The van der Waals surface area contributed by atoms with Gasteiger partial charge in [-0.1, -0.05) is 6.58 Å². The van der Waals surface area contributed by atoms with Crippen LogP contribution in [-0.4, -0.2) is 64.0 Å². The van der Waals surface area contributed by atoms with Crippen LogP contribution < -0.4 is 10.5 Å². The molecule has 2 N–H and O–H groups in total. The second kappa shape index (κ2) is 9.13. The maximum Gasteiger partial charge on any atom is 0.246 e. The standard InChI is InChI=1S/C22H26N6O3/c1-3-18(29)27-10-4-5-16(13-27)28-22-19(21(23)24-14-25-22)20(26-28)15-6-8-17(9-7-15)31-12-11-30-2/h3,6-9,14,16H,1,4-5,10-13H2,2H3,(H2,23,24,25). The van der Waals surface area contributed by atoms with Gasteiger partial charge in [-0.15, -0.1) is 0 Å². The van der Waals surface area contributed by atoms with Crippen LogP contribution in [0.4, 0.5) is 5.82 Å². The lowest BCUT2D eigenvalue weighted by molar-refractivity contribution is -0.127. The lowest BCUT2D eigenvalue weighted by Crippen LogP contribution is -2.40. The molecule has 4 rings (SSSR count). The zero-order valence-corrected chi connectivity index (χ0v) is 17.5. The van der Waals surface area contributed by atoms with Crippen molar-refractivity contribution in [3.05, 3.63) is 43.2 Å². The monoisotopic (exact) mass is 422 g/mol. The highest BCUT2D eigenvalue weighted by Gasteiger charge is 2.27. The first-order valence-corrected chi connectivity index (χ1v) is 10.2. The first-order valence-electron chi connectivity index (χ1n) is 10.2. The number of piperidine rings is 1. The van der Waals surface area contributed by atoms with Gasteiger partial charge in [0, 0.05) is 25.8 Å². The fraction of sp³-hybridized carbons (Fsp3) is 0.364. The van der Waals surface area contributed by atoms with Crippen molar-refractivity contribution < 1.29 is 14.3 Å². The van der Waals surface area contributed by atoms with Gasteiger partial charge in [0.25, 0.3) is 0 Å². The fourth-order valence-electron chi connectivity index (χ4n) is 3.89. The molecule has 1 aromatic carbocycles. The van der Waals surface area contributed by atoms with Gasteiger partial charge >= 0.3 is 0 Å². The van der Waals surface area contributed by atoms with E-state index in [-0.39, 0.29) is 11.9 Å². The first kappa shape index (κ1) is 20.8. The first-order chi connectivity index (χ1) is 15.1. The predicted octanol–water partition coefficient (Wildman–Crippen LogP) is 2.45. The van der Waals surface area contributed by atoms with Crippen LogP contribution in [0.3, 0.4) is 0 Å². The molecule has 1 aliphatic rings. The Morgan fingerprint density at radius 2 is 2.10 bits per heavy atom. The Morgan fingerprint density at radius 3 is 2.84 bits per heavy atom. The molecule has 3 aromatic rings. The normalized spacial score (nSPS) is 16.4. The number of amides is 1. The van der Waals surface area contributed by atoms with Crippen molar-refractivity contribution in [1.82, 2.24) is 24.6 Å². The number of fused-ring (bicyclic) bond motifs is 1. The van der Waals surface area contributed by atoms with Crippen molar-refractivity contribution >= 4 is 22.8 Å². The second-order valence-corrected chi connectivity index (χ2v) is 7.40. The van der Waals surface area contributed by atoms with Crippen molar-refractivity contribution in [3.63, 3.8) is 0 Å². The SMILES string of the molecule is C=CC(=O)N1CCCC(n2nc(-c3ccc(OCCOC)cc3)c3c(N)ncnc32)C1. The summed E-state index contributed by atoms with van der Waals surface area (Å²) >= 11 is 0. The highest BCUT2D eigenvalue weighted by atomic mass is 16.5. The van der Waals surface area contributed by atoms with Crippen molar-refractivity contribution in [1.29, 1.82) is 0 Å². The van der Waals surface area contributed by atoms with E-state index in [1.807, 2.05) is 28.9 Å². The van der Waals surface area contributed by atoms with Crippen LogP contribution >= 0.6 is 0 Å². The largest absolute Gasteiger partial charge is 0.491 e. The average Bonchev–Trinajstić information content (AvgIpc) is 3.20. The Hall–Kier alpha value is -3.46. The molecule has 31 heavy (non-hydrogen) atoms. The Morgan fingerprint density at radius 1 is 1.29 bits per heavy atom. The minimum absolute atomic E-state index is 0.000139. The molecule has 0 spiro atoms. The van der Waals surface area contributed by atoms with Gasteiger partial charge in [0.05, 0.1) is 18.0 Å². The van der Waals surface area contributed by atoms with Crippen LogP contribution in [0.2, 0.25) is 0 Å². The van der Waals surface area contributed by atoms with E-state index in [0.717, 1.165) is 30.7 Å². The van der Waals surface area contributed by atoms with E-state index in [2.05, 4.69) is 16.5 Å². The van der Waals surface area contributed by atoms with E-state index in [1.165, 1.54) is 12.4 Å². The van der Waals surface area contributed by atoms with Gasteiger partial charge in [0.2, 0.25) is 5.91 Å². The molecule has 1 amide bonds. The molecule has 0 bridgehead atoms. The van der Waals surface area contributed by atoms with E-state index in [9.17, 15) is 4.79 Å². The van der Waals surface area contributed by atoms with E-state index < -0.39 is 0 Å². The summed E-state index contributed by atoms with van der Waals surface area (Å²) in [5, 5.41) is 5.59. The summed E-state index contributed by atoms with van der Waals surface area (Å²) in [5.74, 6) is 1.06. The molecule has 0 radical (unpaired) electrons. The van der Waals surface area contributed by atoms with Crippen molar-refractivity contribution in [2.24, 2.45) is 0 Å². The third-order valence-electron chi connectivity index (χ3n) is 5.43. The summed E-state index contributed by atoms with van der Waals surface area (Å²) in [6, 6.07) is 7.66. The zero-order valence-electron chi connectivity index (χ0n) is 17.5. The molecule has 0 aliphatic carbocycles. The molecule has 1 aliphatic heterocycles. The number of nitrogens with zero attached hydrogens (tertiary/aromatic N) is 5. The smallest absolute Gasteiger partial charge is 0.246 e. The molecule has 0 saturated carbocycles. The number of carbonyl (C=O) groups is 1. The molecule has 1 atom stereocenters. The number of nitrogen functional groups attached to an aromatic ring is 1. The highest BCUT2D eigenvalue weighted by molar-refractivity contribution is 5.98. The molecule has 2 aromatic heterocycles. The summed E-state index contributed by atoms with van der Waals surface area (Å²) in [6.07, 6.45) is 4.58. The Labute approximate surface area is 180 Å². The Balaban J connectivity index is 1.69. The van der Waals surface area contributed by atoms with Gasteiger partial charge in [-0.05, 0) is 43.2 Å². The zero-order chi connectivity index (χ0) is 21.8. The van der Waals surface area contributed by atoms with Gasteiger partial charge in [-0.3, -0.25) is 4.79 Å². The number of nitrogens with two attached hydrogens (primary N) is 1. The Kier molecular flexibility index (Phi) is 6.13. The molecule has 3 heterocycles. The number of carbonyl (C=O) groups excluding carboxylic acids is 1. The van der Waals surface area contributed by atoms with Crippen molar-refractivity contribution in [3.8, 4) is 17.0 Å². The van der Waals surface area contributed by atoms with Gasteiger partial charge in [-0.2, -0.15) is 5.10 Å². The van der Waals surface area contributed by atoms with Crippen LogP contribution in [0.5, 0.6) is 5.75 Å². The summed E-state index contributed by atoms with van der Waals surface area (Å²) < 4.78 is 12.5. The summed E-state index contributed by atoms with van der Waals surface area (Å²) in [5.41, 5.74) is 8.49. The molecular weight excluding hydrogens is 396 g/mol. The number of methoxy groups -OCH3 is 1. The Bertz CT molecular complexity index is 1080. The van der Waals surface area contributed by atoms with Crippen molar-refractivity contribution in [2.45, 2.75) is 18.9 Å². The van der Waals surface area contributed by atoms with Gasteiger partial charge in [0.1, 0.15) is 30.2 Å². The number of rotatable bonds is 7. The minimum Gasteiger partial charge on any atom is -0.491 e. The lowest BCUT2D eigenvalue weighted by atomic mass is 10.1. The van der Waals surface area contributed by atoms with Crippen LogP contribution in [0.15, 0.2) is 43.2 Å².